The van der Waals surface area contributed by atoms with Gasteiger partial charge in [-0.2, -0.15) is 0 Å². The lowest BCUT2D eigenvalue weighted by molar-refractivity contribution is 0.0523. The first-order valence-corrected chi connectivity index (χ1v) is 9.96. The summed E-state index contributed by atoms with van der Waals surface area (Å²) in [7, 11) is 0. The van der Waals surface area contributed by atoms with Crippen molar-refractivity contribution in [3.05, 3.63) is 23.3 Å². The van der Waals surface area contributed by atoms with Gasteiger partial charge < -0.3 is 4.74 Å². The van der Waals surface area contributed by atoms with E-state index >= 15 is 0 Å². The van der Waals surface area contributed by atoms with Crippen LogP contribution in [0.25, 0.3) is 0 Å². The molecule has 2 fully saturated rings. The highest BCUT2D eigenvalue weighted by Gasteiger charge is 2.38. The smallest absolute Gasteiger partial charge is 0.341 e. The van der Waals surface area contributed by atoms with E-state index in [1.54, 1.807) is 39.5 Å². The molecule has 0 N–H and O–H groups in total. The average Bonchev–Trinajstić information content (AvgIpc) is 3.19. The van der Waals surface area contributed by atoms with Crippen LogP contribution >= 0.6 is 0 Å². The second kappa shape index (κ2) is 9.30. The molecule has 2 aliphatic rings. The Kier molecular flexibility index (Phi) is 7.39. The van der Waals surface area contributed by atoms with Crippen molar-refractivity contribution >= 4 is 5.97 Å². The van der Waals surface area contributed by atoms with E-state index in [9.17, 15) is 4.79 Å². The fraction of sp³-hybridized carbons (Fsp3) is 0.762. The summed E-state index contributed by atoms with van der Waals surface area (Å²) < 4.78 is 4.94. The van der Waals surface area contributed by atoms with E-state index in [-0.39, 0.29) is 11.9 Å². The van der Waals surface area contributed by atoms with Gasteiger partial charge >= 0.3 is 5.97 Å². The molecular weight excluding hydrogens is 312 g/mol. The zero-order valence-electron chi connectivity index (χ0n) is 16.5. The van der Waals surface area contributed by atoms with Gasteiger partial charge in [-0.3, -0.25) is 0 Å². The fourth-order valence-corrected chi connectivity index (χ4v) is 4.39. The van der Waals surface area contributed by atoms with E-state index in [0.29, 0.717) is 18.0 Å². The third-order valence-electron chi connectivity index (χ3n) is 5.52. The number of nitrogens with zero attached hydrogens (tertiary/aromatic N) is 2. The molecule has 4 nitrogen and oxygen atoms in total. The average molecular weight is 347 g/mol. The van der Waals surface area contributed by atoms with Crippen molar-refractivity contribution in [2.75, 3.05) is 6.61 Å². The van der Waals surface area contributed by atoms with E-state index in [1.807, 2.05) is 13.8 Å². The zero-order chi connectivity index (χ0) is 18.4. The number of carbonyl (C=O) groups is 1. The molecule has 140 valence electrons. The summed E-state index contributed by atoms with van der Waals surface area (Å²) in [4.78, 5) is 19.9. The Balaban J connectivity index is 0.000000194. The van der Waals surface area contributed by atoms with Gasteiger partial charge in [-0.1, -0.05) is 40.0 Å². The second-order valence-electron chi connectivity index (χ2n) is 7.81. The minimum atomic E-state index is -0.346. The summed E-state index contributed by atoms with van der Waals surface area (Å²) in [5, 5.41) is 0. The predicted molar refractivity (Wildman–Crippen MR) is 101 cm³/mol. The Labute approximate surface area is 152 Å². The molecule has 1 aromatic heterocycles. The third kappa shape index (κ3) is 5.26. The van der Waals surface area contributed by atoms with Crippen molar-refractivity contribution in [1.29, 1.82) is 0 Å². The summed E-state index contributed by atoms with van der Waals surface area (Å²) in [5.41, 5.74) is 1.22. The standard InChI is InChI=1S/C11H16N2O2.C10H18/c1-5-15-11(14)9-6-12-8(4)13-10(9)7(2)3;1-2-3-9-6-8-4-5-10(9)7-8/h6-7H,5H2,1-4H3;8-10H,2-7H2,1H3. The van der Waals surface area contributed by atoms with Crippen LogP contribution in [0.15, 0.2) is 6.20 Å². The van der Waals surface area contributed by atoms with Gasteiger partial charge in [0.15, 0.2) is 0 Å². The van der Waals surface area contributed by atoms with Gasteiger partial charge in [-0.05, 0) is 56.8 Å². The van der Waals surface area contributed by atoms with Crippen molar-refractivity contribution in [3.8, 4) is 0 Å². The van der Waals surface area contributed by atoms with Crippen molar-refractivity contribution in [3.63, 3.8) is 0 Å². The molecule has 0 radical (unpaired) electrons. The molecule has 0 aromatic carbocycles. The molecule has 3 atom stereocenters. The van der Waals surface area contributed by atoms with E-state index in [4.69, 9.17) is 4.74 Å². The van der Waals surface area contributed by atoms with Gasteiger partial charge in [0.25, 0.3) is 0 Å². The van der Waals surface area contributed by atoms with Crippen LogP contribution in [-0.4, -0.2) is 22.5 Å². The van der Waals surface area contributed by atoms with Crippen LogP contribution in [-0.2, 0) is 4.74 Å². The van der Waals surface area contributed by atoms with Crippen molar-refractivity contribution in [1.82, 2.24) is 9.97 Å². The largest absolute Gasteiger partial charge is 0.462 e. The van der Waals surface area contributed by atoms with Crippen LogP contribution in [0.3, 0.4) is 0 Å². The fourth-order valence-electron chi connectivity index (χ4n) is 4.39. The molecule has 2 bridgehead atoms. The Morgan fingerprint density at radius 2 is 2.04 bits per heavy atom. The zero-order valence-corrected chi connectivity index (χ0v) is 16.5. The molecule has 0 spiro atoms. The van der Waals surface area contributed by atoms with E-state index < -0.39 is 0 Å². The third-order valence-corrected chi connectivity index (χ3v) is 5.52. The maximum atomic E-state index is 11.6. The van der Waals surface area contributed by atoms with Crippen molar-refractivity contribution in [2.24, 2.45) is 17.8 Å². The van der Waals surface area contributed by atoms with Crippen molar-refractivity contribution in [2.45, 2.75) is 79.1 Å². The molecule has 0 aliphatic heterocycles. The lowest BCUT2D eigenvalue weighted by Gasteiger charge is -2.20. The summed E-state index contributed by atoms with van der Waals surface area (Å²) in [5.74, 6) is 3.97. The summed E-state index contributed by atoms with van der Waals surface area (Å²) in [6.07, 6.45) is 10.8. The molecule has 3 rings (SSSR count). The lowest BCUT2D eigenvalue weighted by Crippen LogP contribution is -2.12. The first-order chi connectivity index (χ1) is 12.0. The Hall–Kier alpha value is -1.45. The summed E-state index contributed by atoms with van der Waals surface area (Å²) >= 11 is 0. The van der Waals surface area contributed by atoms with Crippen LogP contribution in [0, 0.1) is 24.7 Å². The predicted octanol–water partition coefficient (Wildman–Crippen LogP) is 5.31. The van der Waals surface area contributed by atoms with E-state index in [0.717, 1.165) is 23.4 Å². The lowest BCUT2D eigenvalue weighted by atomic mass is 9.86. The van der Waals surface area contributed by atoms with Gasteiger partial charge in [0.05, 0.1) is 17.9 Å². The minimum absolute atomic E-state index is 0.186. The normalized spacial score (nSPS) is 24.2. The van der Waals surface area contributed by atoms with Crippen molar-refractivity contribution < 1.29 is 9.53 Å². The number of rotatable bonds is 5. The molecule has 0 amide bonds. The number of hydrogen-bond acceptors (Lipinski definition) is 4. The molecule has 4 heteroatoms. The number of fused-ring (bicyclic) bond motifs is 2. The van der Waals surface area contributed by atoms with Crippen LogP contribution in [0.4, 0.5) is 0 Å². The maximum absolute atomic E-state index is 11.6. The molecule has 25 heavy (non-hydrogen) atoms. The monoisotopic (exact) mass is 346 g/mol. The van der Waals surface area contributed by atoms with Crippen LogP contribution in [0.5, 0.6) is 0 Å². The summed E-state index contributed by atoms with van der Waals surface area (Å²) in [6.45, 7) is 10.3. The molecule has 0 saturated heterocycles. The first kappa shape index (κ1) is 19.9. The molecular formula is C21H34N2O2. The van der Waals surface area contributed by atoms with Gasteiger partial charge in [0.2, 0.25) is 0 Å². The molecule has 2 aliphatic carbocycles. The van der Waals surface area contributed by atoms with Gasteiger partial charge in [-0.25, -0.2) is 14.8 Å². The van der Waals surface area contributed by atoms with E-state index in [1.165, 1.54) is 19.0 Å². The molecule has 2 saturated carbocycles. The van der Waals surface area contributed by atoms with Gasteiger partial charge in [-0.15, -0.1) is 0 Å². The van der Waals surface area contributed by atoms with Gasteiger partial charge in [0.1, 0.15) is 5.82 Å². The number of ether oxygens (including phenoxy) is 1. The van der Waals surface area contributed by atoms with Crippen LogP contribution in [0.2, 0.25) is 0 Å². The number of hydrogen-bond donors (Lipinski definition) is 0. The number of esters is 1. The number of carbonyl (C=O) groups excluding carboxylic acids is 1. The van der Waals surface area contributed by atoms with Crippen LogP contribution < -0.4 is 0 Å². The van der Waals surface area contributed by atoms with Gasteiger partial charge in [0, 0.05) is 6.20 Å². The number of aryl methyl sites for hydroxylation is 1. The topological polar surface area (TPSA) is 52.1 Å². The Bertz CT molecular complexity index is 571. The first-order valence-electron chi connectivity index (χ1n) is 9.96. The Morgan fingerprint density at radius 1 is 1.28 bits per heavy atom. The Morgan fingerprint density at radius 3 is 2.56 bits per heavy atom. The summed E-state index contributed by atoms with van der Waals surface area (Å²) in [6, 6.07) is 0. The second-order valence-corrected chi connectivity index (χ2v) is 7.81. The highest BCUT2D eigenvalue weighted by atomic mass is 16.5. The molecule has 3 unspecified atom stereocenters. The quantitative estimate of drug-likeness (QED) is 0.678. The highest BCUT2D eigenvalue weighted by molar-refractivity contribution is 5.90. The molecule has 1 aromatic rings. The van der Waals surface area contributed by atoms with E-state index in [2.05, 4.69) is 16.9 Å². The minimum Gasteiger partial charge on any atom is -0.462 e. The highest BCUT2D eigenvalue weighted by Crippen LogP contribution is 2.49. The maximum Gasteiger partial charge on any atom is 0.341 e. The molecule has 1 heterocycles. The van der Waals surface area contributed by atoms with Crippen LogP contribution in [0.1, 0.15) is 94.0 Å². The SMILES string of the molecule is CCCC1CC2CCC1C2.CCOC(=O)c1cnc(C)nc1C(C)C. The number of aromatic nitrogens is 2.